The van der Waals surface area contributed by atoms with Gasteiger partial charge in [-0.3, -0.25) is 14.2 Å². The molecule has 0 aliphatic carbocycles. The Kier molecular flexibility index (Phi) is 4.80. The van der Waals surface area contributed by atoms with Crippen molar-refractivity contribution in [3.05, 3.63) is 68.7 Å². The molecular formula is C19H14Cl2N4O3. The van der Waals surface area contributed by atoms with Crippen LogP contribution in [0, 0.1) is 0 Å². The fourth-order valence-electron chi connectivity index (χ4n) is 2.97. The number of rotatable bonds is 4. The van der Waals surface area contributed by atoms with Crippen molar-refractivity contribution in [2.75, 3.05) is 12.4 Å². The zero-order chi connectivity index (χ0) is 19.8. The molecule has 9 heteroatoms. The first-order chi connectivity index (χ1) is 13.5. The zero-order valence-corrected chi connectivity index (χ0v) is 16.1. The number of ether oxygens (including phenoxy) is 1. The van der Waals surface area contributed by atoms with Crippen LogP contribution in [0.15, 0.2) is 47.5 Å². The van der Waals surface area contributed by atoms with Gasteiger partial charge in [0.15, 0.2) is 11.4 Å². The van der Waals surface area contributed by atoms with Crippen LogP contribution in [-0.4, -0.2) is 26.6 Å². The van der Waals surface area contributed by atoms with Crippen molar-refractivity contribution in [1.82, 2.24) is 14.4 Å². The van der Waals surface area contributed by atoms with Gasteiger partial charge in [-0.05, 0) is 30.3 Å². The molecule has 142 valence electrons. The quantitative estimate of drug-likeness (QED) is 0.525. The van der Waals surface area contributed by atoms with Crippen molar-refractivity contribution >= 4 is 51.3 Å². The Labute approximate surface area is 169 Å². The van der Waals surface area contributed by atoms with Crippen LogP contribution in [0.5, 0.6) is 5.75 Å². The molecule has 0 aliphatic heterocycles. The monoisotopic (exact) mass is 416 g/mol. The Morgan fingerprint density at radius 2 is 2.11 bits per heavy atom. The number of hydrogen-bond donors (Lipinski definition) is 2. The van der Waals surface area contributed by atoms with E-state index >= 15 is 0 Å². The summed E-state index contributed by atoms with van der Waals surface area (Å²) in [5.74, 6) is 0.641. The molecule has 0 amide bonds. The number of anilines is 2. The third-order valence-corrected chi connectivity index (χ3v) is 4.75. The Balaban J connectivity index is 1.90. The Hall–Kier alpha value is -2.87. The van der Waals surface area contributed by atoms with Crippen LogP contribution in [0.1, 0.15) is 5.56 Å². The number of nitrogens with zero attached hydrogens (tertiary/aromatic N) is 3. The van der Waals surface area contributed by atoms with Crippen LogP contribution in [0.2, 0.25) is 10.0 Å². The first-order valence-corrected chi connectivity index (χ1v) is 8.98. The highest BCUT2D eigenvalue weighted by molar-refractivity contribution is 6.36. The van der Waals surface area contributed by atoms with Crippen LogP contribution in [0.4, 0.5) is 11.5 Å². The molecule has 0 radical (unpaired) electrons. The summed E-state index contributed by atoms with van der Waals surface area (Å²) in [4.78, 5) is 21.5. The lowest BCUT2D eigenvalue weighted by molar-refractivity contribution is 0.280. The highest BCUT2D eigenvalue weighted by atomic mass is 35.5. The lowest BCUT2D eigenvalue weighted by Crippen LogP contribution is -2.22. The molecule has 0 fully saturated rings. The normalized spacial score (nSPS) is 11.1. The highest BCUT2D eigenvalue weighted by Gasteiger charge is 2.15. The molecule has 28 heavy (non-hydrogen) atoms. The topological polar surface area (TPSA) is 88.8 Å². The van der Waals surface area contributed by atoms with Crippen molar-refractivity contribution < 1.29 is 9.84 Å². The molecule has 4 aromatic rings. The Bertz CT molecular complexity index is 1270. The summed E-state index contributed by atoms with van der Waals surface area (Å²) in [6.07, 6.45) is 3.08. The molecule has 0 bridgehead atoms. The van der Waals surface area contributed by atoms with Crippen LogP contribution in [-0.2, 0) is 6.61 Å². The molecule has 3 heterocycles. The van der Waals surface area contributed by atoms with Crippen molar-refractivity contribution in [1.29, 1.82) is 0 Å². The Morgan fingerprint density at radius 3 is 2.86 bits per heavy atom. The molecule has 0 saturated carbocycles. The van der Waals surface area contributed by atoms with Gasteiger partial charge in [0.05, 0.1) is 34.8 Å². The van der Waals surface area contributed by atoms with E-state index in [0.717, 1.165) is 5.39 Å². The molecule has 7 nitrogen and oxygen atoms in total. The van der Waals surface area contributed by atoms with E-state index in [9.17, 15) is 9.90 Å². The number of fused-ring (bicyclic) bond motifs is 2. The van der Waals surface area contributed by atoms with Crippen molar-refractivity contribution in [2.24, 2.45) is 0 Å². The second-order valence-corrected chi connectivity index (χ2v) is 6.82. The van der Waals surface area contributed by atoms with E-state index in [0.29, 0.717) is 32.6 Å². The average molecular weight is 417 g/mol. The molecule has 0 aliphatic rings. The first-order valence-electron chi connectivity index (χ1n) is 8.22. The van der Waals surface area contributed by atoms with E-state index in [1.807, 2.05) is 0 Å². The standard InChI is InChI=1S/C19H14Cl2N4O3/c1-28-15-3-2-4-25-18(15)24-17(13(9-26)19(25)27)23-12-6-10-5-11(20)8-22-16(10)14(21)7-12/h2-8,23,26H,9H2,1H3. The molecule has 0 unspecified atom stereocenters. The maximum atomic E-state index is 12.8. The summed E-state index contributed by atoms with van der Waals surface area (Å²) in [5, 5.41) is 14.4. The summed E-state index contributed by atoms with van der Waals surface area (Å²) >= 11 is 12.3. The fourth-order valence-corrected chi connectivity index (χ4v) is 3.41. The zero-order valence-electron chi connectivity index (χ0n) is 14.6. The van der Waals surface area contributed by atoms with Crippen molar-refractivity contribution in [3.8, 4) is 5.75 Å². The third-order valence-electron chi connectivity index (χ3n) is 4.26. The van der Waals surface area contributed by atoms with Gasteiger partial charge in [0.25, 0.3) is 5.56 Å². The van der Waals surface area contributed by atoms with E-state index in [1.54, 1.807) is 36.5 Å². The van der Waals surface area contributed by atoms with Crippen LogP contribution >= 0.6 is 23.2 Å². The molecular weight excluding hydrogens is 403 g/mol. The summed E-state index contributed by atoms with van der Waals surface area (Å²) in [5.41, 5.74) is 1.22. The SMILES string of the molecule is COc1cccn2c(=O)c(CO)c(Nc3cc(Cl)c4ncc(Cl)cc4c3)nc12. The number of halogens is 2. The minimum Gasteiger partial charge on any atom is -0.493 e. The molecule has 4 rings (SSSR count). The first kappa shape index (κ1) is 18.5. The van der Waals surface area contributed by atoms with Gasteiger partial charge in [-0.2, -0.15) is 0 Å². The van der Waals surface area contributed by atoms with Gasteiger partial charge in [0.2, 0.25) is 0 Å². The number of aliphatic hydroxyl groups excluding tert-OH is 1. The summed E-state index contributed by atoms with van der Waals surface area (Å²) in [7, 11) is 1.49. The minimum atomic E-state index is -0.483. The largest absolute Gasteiger partial charge is 0.493 e. The average Bonchev–Trinajstić information content (AvgIpc) is 2.67. The van der Waals surface area contributed by atoms with E-state index in [1.165, 1.54) is 17.7 Å². The van der Waals surface area contributed by atoms with E-state index in [-0.39, 0.29) is 11.4 Å². The number of aromatic nitrogens is 3. The van der Waals surface area contributed by atoms with Gasteiger partial charge < -0.3 is 15.2 Å². The lowest BCUT2D eigenvalue weighted by Gasteiger charge is -2.14. The molecule has 2 N–H and O–H groups in total. The number of methoxy groups -OCH3 is 1. The van der Waals surface area contributed by atoms with Gasteiger partial charge in [0.1, 0.15) is 5.82 Å². The van der Waals surface area contributed by atoms with Crippen molar-refractivity contribution in [2.45, 2.75) is 6.61 Å². The van der Waals surface area contributed by atoms with E-state index in [4.69, 9.17) is 27.9 Å². The number of aliphatic hydroxyl groups is 1. The van der Waals surface area contributed by atoms with Gasteiger partial charge in [0, 0.05) is 23.5 Å². The third kappa shape index (κ3) is 3.13. The molecule has 0 spiro atoms. The number of benzene rings is 1. The number of hydrogen-bond acceptors (Lipinski definition) is 6. The number of pyridine rings is 2. The smallest absolute Gasteiger partial charge is 0.265 e. The molecule has 3 aromatic heterocycles. The summed E-state index contributed by atoms with van der Waals surface area (Å²) in [6.45, 7) is -0.483. The van der Waals surface area contributed by atoms with Gasteiger partial charge in [-0.15, -0.1) is 0 Å². The van der Waals surface area contributed by atoms with Crippen LogP contribution in [0.3, 0.4) is 0 Å². The predicted molar refractivity (Wildman–Crippen MR) is 109 cm³/mol. The predicted octanol–water partition coefficient (Wildman–Crippen LogP) is 3.79. The van der Waals surface area contributed by atoms with Gasteiger partial charge in [-0.25, -0.2) is 4.98 Å². The summed E-state index contributed by atoms with van der Waals surface area (Å²) in [6, 6.07) is 8.55. The molecule has 0 atom stereocenters. The van der Waals surface area contributed by atoms with Crippen molar-refractivity contribution in [3.63, 3.8) is 0 Å². The van der Waals surface area contributed by atoms with E-state index in [2.05, 4.69) is 15.3 Å². The van der Waals surface area contributed by atoms with Gasteiger partial charge in [-0.1, -0.05) is 23.2 Å². The number of nitrogens with one attached hydrogen (secondary N) is 1. The maximum absolute atomic E-state index is 12.8. The van der Waals surface area contributed by atoms with Crippen LogP contribution in [0.25, 0.3) is 16.6 Å². The fraction of sp³-hybridized carbons (Fsp3) is 0.105. The van der Waals surface area contributed by atoms with Gasteiger partial charge >= 0.3 is 0 Å². The highest BCUT2D eigenvalue weighted by Crippen LogP contribution is 2.30. The van der Waals surface area contributed by atoms with E-state index < -0.39 is 12.2 Å². The summed E-state index contributed by atoms with van der Waals surface area (Å²) < 4.78 is 6.62. The molecule has 0 saturated heterocycles. The second-order valence-electron chi connectivity index (χ2n) is 5.98. The molecule has 1 aromatic carbocycles. The maximum Gasteiger partial charge on any atom is 0.265 e. The Morgan fingerprint density at radius 1 is 1.29 bits per heavy atom. The minimum absolute atomic E-state index is 0.117. The second kappa shape index (κ2) is 7.27. The lowest BCUT2D eigenvalue weighted by atomic mass is 10.2. The van der Waals surface area contributed by atoms with Crippen LogP contribution < -0.4 is 15.6 Å².